The van der Waals surface area contributed by atoms with E-state index in [1.807, 2.05) is 0 Å². The summed E-state index contributed by atoms with van der Waals surface area (Å²) in [7, 11) is 0. The molecule has 0 aliphatic heterocycles. The summed E-state index contributed by atoms with van der Waals surface area (Å²) >= 11 is 12.7. The fourth-order valence-electron chi connectivity index (χ4n) is 2.16. The van der Waals surface area contributed by atoms with Crippen LogP contribution in [-0.4, -0.2) is 26.3 Å². The number of hydrogen-bond donors (Lipinski definition) is 4. The van der Waals surface area contributed by atoms with E-state index in [0.29, 0.717) is 26.9 Å². The number of benzene rings is 2. The minimum absolute atomic E-state index is 0.185. The molecular weight excluding hydrogens is 353 g/mol. The number of aromatic nitrogens is 3. The number of nitrogens with one attached hydrogen (secondary N) is 2. The fraction of sp³-hybridized carbons (Fsp3) is 0. The van der Waals surface area contributed by atoms with Crippen molar-refractivity contribution >= 4 is 46.8 Å². The van der Waals surface area contributed by atoms with Crippen LogP contribution in [0.4, 0.5) is 17.6 Å². The van der Waals surface area contributed by atoms with Gasteiger partial charge in [-0.25, -0.2) is 9.89 Å². The summed E-state index contributed by atoms with van der Waals surface area (Å²) in [6.07, 6.45) is 0. The second-order valence-corrected chi connectivity index (χ2v) is 5.68. The number of carboxylic acids is 1. The van der Waals surface area contributed by atoms with E-state index in [1.165, 1.54) is 12.1 Å². The Bertz CT molecular complexity index is 885. The number of nitrogen functional groups attached to an aromatic ring is 1. The maximum absolute atomic E-state index is 10.9. The third-order valence-corrected chi connectivity index (χ3v) is 3.82. The number of nitrogens with zero attached hydrogens (tertiary/aromatic N) is 2. The van der Waals surface area contributed by atoms with Gasteiger partial charge in [0.2, 0.25) is 11.9 Å². The first-order valence-electron chi connectivity index (χ1n) is 6.71. The van der Waals surface area contributed by atoms with Gasteiger partial charge >= 0.3 is 5.97 Å². The highest BCUT2D eigenvalue weighted by Gasteiger charge is 2.13. The second-order valence-electron chi connectivity index (χ2n) is 4.87. The standard InChI is InChI=1S/C15H11Cl2N5O2/c16-10-5-9(19-15-20-14(18)21-22-15)6-11(17)12(10)7-1-3-8(4-2-7)13(23)24/h1-6H,(H,23,24)(H4,18,19,20,21,22). The van der Waals surface area contributed by atoms with E-state index in [2.05, 4.69) is 20.5 Å². The molecule has 122 valence electrons. The Labute approximate surface area is 146 Å². The van der Waals surface area contributed by atoms with E-state index >= 15 is 0 Å². The molecule has 7 nitrogen and oxygen atoms in total. The van der Waals surface area contributed by atoms with Gasteiger partial charge in [-0.3, -0.25) is 0 Å². The van der Waals surface area contributed by atoms with Gasteiger partial charge < -0.3 is 16.2 Å². The third-order valence-electron chi connectivity index (χ3n) is 3.22. The van der Waals surface area contributed by atoms with Crippen LogP contribution in [0.3, 0.4) is 0 Å². The molecule has 2 aromatic carbocycles. The molecule has 0 fully saturated rings. The number of carboxylic acid groups (broad SMARTS) is 1. The van der Waals surface area contributed by atoms with Crippen LogP contribution in [0.2, 0.25) is 10.0 Å². The molecule has 9 heteroatoms. The number of H-pyrrole nitrogens is 1. The molecule has 1 aromatic heterocycles. The van der Waals surface area contributed by atoms with Crippen LogP contribution in [0.25, 0.3) is 11.1 Å². The molecule has 5 N–H and O–H groups in total. The van der Waals surface area contributed by atoms with Crippen LogP contribution in [0.1, 0.15) is 10.4 Å². The smallest absolute Gasteiger partial charge is 0.335 e. The van der Waals surface area contributed by atoms with Gasteiger partial charge in [-0.1, -0.05) is 35.3 Å². The van der Waals surface area contributed by atoms with Crippen molar-refractivity contribution in [3.63, 3.8) is 0 Å². The number of halogens is 2. The van der Waals surface area contributed by atoms with Gasteiger partial charge in [0, 0.05) is 11.3 Å². The maximum atomic E-state index is 10.9. The lowest BCUT2D eigenvalue weighted by atomic mass is 10.0. The summed E-state index contributed by atoms with van der Waals surface area (Å²) < 4.78 is 0. The molecule has 0 aliphatic rings. The SMILES string of the molecule is Nc1nc(Nc2cc(Cl)c(-c3ccc(C(=O)O)cc3)c(Cl)c2)n[nH]1. The fourth-order valence-corrected chi connectivity index (χ4v) is 2.87. The number of nitrogens with two attached hydrogens (primary N) is 1. The van der Waals surface area contributed by atoms with E-state index in [1.54, 1.807) is 24.3 Å². The lowest BCUT2D eigenvalue weighted by Gasteiger charge is -2.11. The van der Waals surface area contributed by atoms with Gasteiger partial charge in [0.05, 0.1) is 15.6 Å². The minimum atomic E-state index is -0.996. The molecule has 3 aromatic rings. The highest BCUT2D eigenvalue weighted by atomic mass is 35.5. The van der Waals surface area contributed by atoms with E-state index in [4.69, 9.17) is 34.0 Å². The molecule has 0 saturated heterocycles. The van der Waals surface area contributed by atoms with Crippen molar-refractivity contribution in [2.24, 2.45) is 0 Å². The Morgan fingerprint density at radius 3 is 2.29 bits per heavy atom. The Hall–Kier alpha value is -2.77. The molecule has 0 unspecified atom stereocenters. The van der Waals surface area contributed by atoms with Crippen molar-refractivity contribution in [3.8, 4) is 11.1 Å². The molecule has 0 radical (unpaired) electrons. The predicted molar refractivity (Wildman–Crippen MR) is 92.9 cm³/mol. The number of anilines is 3. The van der Waals surface area contributed by atoms with Gasteiger partial charge in [-0.05, 0) is 29.8 Å². The number of aromatic amines is 1. The zero-order valence-electron chi connectivity index (χ0n) is 12.0. The largest absolute Gasteiger partial charge is 0.478 e. The first-order valence-corrected chi connectivity index (χ1v) is 7.47. The molecule has 3 rings (SSSR count). The molecular formula is C15H11Cl2N5O2. The summed E-state index contributed by atoms with van der Waals surface area (Å²) in [6.45, 7) is 0. The van der Waals surface area contributed by atoms with Crippen LogP contribution >= 0.6 is 23.2 Å². The highest BCUT2D eigenvalue weighted by molar-refractivity contribution is 6.39. The second kappa shape index (κ2) is 6.38. The van der Waals surface area contributed by atoms with Crippen molar-refractivity contribution in [1.29, 1.82) is 0 Å². The van der Waals surface area contributed by atoms with E-state index in [-0.39, 0.29) is 17.5 Å². The molecule has 0 amide bonds. The quantitative estimate of drug-likeness (QED) is 0.559. The first-order chi connectivity index (χ1) is 11.4. The minimum Gasteiger partial charge on any atom is -0.478 e. The van der Waals surface area contributed by atoms with Gasteiger partial charge in [-0.15, -0.1) is 5.10 Å². The molecule has 24 heavy (non-hydrogen) atoms. The molecule has 0 spiro atoms. The summed E-state index contributed by atoms with van der Waals surface area (Å²) in [5, 5.41) is 19.1. The predicted octanol–water partition coefficient (Wildman–Crippen LogP) is 3.80. The monoisotopic (exact) mass is 363 g/mol. The van der Waals surface area contributed by atoms with Crippen molar-refractivity contribution in [2.75, 3.05) is 11.1 Å². The lowest BCUT2D eigenvalue weighted by molar-refractivity contribution is 0.0697. The molecule has 0 bridgehead atoms. The topological polar surface area (TPSA) is 117 Å². The van der Waals surface area contributed by atoms with E-state index < -0.39 is 5.97 Å². The van der Waals surface area contributed by atoms with E-state index in [9.17, 15) is 4.79 Å². The van der Waals surface area contributed by atoms with Crippen molar-refractivity contribution < 1.29 is 9.90 Å². The van der Waals surface area contributed by atoms with Crippen LogP contribution in [0, 0.1) is 0 Å². The molecule has 0 saturated carbocycles. The van der Waals surface area contributed by atoms with Crippen molar-refractivity contribution in [1.82, 2.24) is 15.2 Å². The Morgan fingerprint density at radius 2 is 1.79 bits per heavy atom. The Balaban J connectivity index is 1.93. The van der Waals surface area contributed by atoms with Crippen molar-refractivity contribution in [3.05, 3.63) is 52.0 Å². The summed E-state index contributed by atoms with van der Waals surface area (Å²) in [5.74, 6) is -0.521. The lowest BCUT2D eigenvalue weighted by Crippen LogP contribution is -1.96. The van der Waals surface area contributed by atoms with Gasteiger partial charge in [0.15, 0.2) is 0 Å². The average molecular weight is 364 g/mol. The zero-order valence-corrected chi connectivity index (χ0v) is 13.6. The number of hydrogen-bond acceptors (Lipinski definition) is 5. The summed E-state index contributed by atoms with van der Waals surface area (Å²) in [4.78, 5) is 14.8. The van der Waals surface area contributed by atoms with Gasteiger partial charge in [-0.2, -0.15) is 4.98 Å². The molecule has 1 heterocycles. The summed E-state index contributed by atoms with van der Waals surface area (Å²) in [5.41, 5.74) is 7.56. The number of rotatable bonds is 4. The van der Waals surface area contributed by atoms with Gasteiger partial charge in [0.25, 0.3) is 0 Å². The van der Waals surface area contributed by atoms with Crippen LogP contribution < -0.4 is 11.1 Å². The highest BCUT2D eigenvalue weighted by Crippen LogP contribution is 2.37. The third kappa shape index (κ3) is 3.27. The van der Waals surface area contributed by atoms with Crippen LogP contribution in [0.15, 0.2) is 36.4 Å². The van der Waals surface area contributed by atoms with Crippen LogP contribution in [0.5, 0.6) is 0 Å². The zero-order chi connectivity index (χ0) is 17.3. The average Bonchev–Trinajstić information content (AvgIpc) is 2.92. The number of carbonyl (C=O) groups is 1. The van der Waals surface area contributed by atoms with Crippen molar-refractivity contribution in [2.45, 2.75) is 0 Å². The normalized spacial score (nSPS) is 10.6. The molecule has 0 aliphatic carbocycles. The van der Waals surface area contributed by atoms with Crippen LogP contribution in [-0.2, 0) is 0 Å². The van der Waals surface area contributed by atoms with E-state index in [0.717, 1.165) is 0 Å². The van der Waals surface area contributed by atoms with Gasteiger partial charge in [0.1, 0.15) is 0 Å². The first kappa shape index (κ1) is 16.1. The molecule has 0 atom stereocenters. The maximum Gasteiger partial charge on any atom is 0.335 e. The number of aromatic carboxylic acids is 1. The summed E-state index contributed by atoms with van der Waals surface area (Å²) in [6, 6.07) is 9.62. The Kier molecular flexibility index (Phi) is 4.28. The Morgan fingerprint density at radius 1 is 1.17 bits per heavy atom.